The summed E-state index contributed by atoms with van der Waals surface area (Å²) in [5.41, 5.74) is -0.0438. The van der Waals surface area contributed by atoms with Gasteiger partial charge < -0.3 is 10.1 Å². The number of nitrogens with zero attached hydrogens (tertiary/aromatic N) is 1. The van der Waals surface area contributed by atoms with Crippen LogP contribution in [-0.4, -0.2) is 28.0 Å². The molecule has 1 amide bonds. The van der Waals surface area contributed by atoms with Crippen molar-refractivity contribution in [3.8, 4) is 5.75 Å². The zero-order valence-corrected chi connectivity index (χ0v) is 21.2. The number of sulfonamides is 1. The van der Waals surface area contributed by atoms with Gasteiger partial charge in [0.05, 0.1) is 34.3 Å². The van der Waals surface area contributed by atoms with Crippen molar-refractivity contribution in [2.45, 2.75) is 31.0 Å². The molecule has 0 aliphatic carbocycles. The van der Waals surface area contributed by atoms with E-state index in [-0.39, 0.29) is 10.6 Å². The molecule has 3 rings (SSSR count). The number of methoxy groups -OCH3 is 1. The highest BCUT2D eigenvalue weighted by atomic mass is 35.5. The molecular formula is C25H24ClF3N2O4S. The van der Waals surface area contributed by atoms with Gasteiger partial charge in [0.2, 0.25) is 5.91 Å². The second-order valence-electron chi connectivity index (χ2n) is 8.05. The number of benzene rings is 3. The van der Waals surface area contributed by atoms with Gasteiger partial charge in [-0.25, -0.2) is 8.42 Å². The molecule has 11 heteroatoms. The van der Waals surface area contributed by atoms with Crippen LogP contribution in [0.25, 0.3) is 0 Å². The number of hydrogen-bond acceptors (Lipinski definition) is 4. The van der Waals surface area contributed by atoms with Gasteiger partial charge in [-0.1, -0.05) is 41.4 Å². The van der Waals surface area contributed by atoms with Crippen molar-refractivity contribution in [3.05, 3.63) is 88.4 Å². The summed E-state index contributed by atoms with van der Waals surface area (Å²) in [6.07, 6.45) is -4.82. The summed E-state index contributed by atoms with van der Waals surface area (Å²) in [7, 11) is -2.89. The highest BCUT2D eigenvalue weighted by molar-refractivity contribution is 7.92. The topological polar surface area (TPSA) is 75.7 Å². The molecule has 0 aliphatic rings. The Morgan fingerprint density at radius 2 is 1.67 bits per heavy atom. The summed E-state index contributed by atoms with van der Waals surface area (Å²) in [5.74, 6) is -0.0895. The van der Waals surface area contributed by atoms with Crippen molar-refractivity contribution in [1.82, 2.24) is 5.32 Å². The lowest BCUT2D eigenvalue weighted by molar-refractivity contribution is -0.137. The van der Waals surface area contributed by atoms with E-state index in [0.29, 0.717) is 16.1 Å². The average molecular weight is 541 g/mol. The first kappa shape index (κ1) is 27.3. The van der Waals surface area contributed by atoms with Gasteiger partial charge in [0.1, 0.15) is 12.3 Å². The maximum Gasteiger partial charge on any atom is 0.417 e. The molecule has 0 bridgehead atoms. The van der Waals surface area contributed by atoms with Gasteiger partial charge >= 0.3 is 6.18 Å². The number of alkyl halides is 3. The Hall–Kier alpha value is -3.24. The smallest absolute Gasteiger partial charge is 0.417 e. The normalized spacial score (nSPS) is 12.6. The van der Waals surface area contributed by atoms with Crippen LogP contribution in [0.15, 0.2) is 71.6 Å². The number of rotatable bonds is 8. The fraction of sp³-hybridized carbons (Fsp3) is 0.240. The lowest BCUT2D eigenvalue weighted by Gasteiger charge is -2.26. The highest BCUT2D eigenvalue weighted by Crippen LogP contribution is 2.38. The number of halogens is 4. The van der Waals surface area contributed by atoms with E-state index in [0.717, 1.165) is 23.3 Å². The maximum atomic E-state index is 13.5. The summed E-state index contributed by atoms with van der Waals surface area (Å²) in [6, 6.07) is 14.8. The molecular weight excluding hydrogens is 517 g/mol. The fourth-order valence-corrected chi connectivity index (χ4v) is 5.07. The zero-order valence-electron chi connectivity index (χ0n) is 19.6. The lowest BCUT2D eigenvalue weighted by atomic mass is 10.1. The number of anilines is 1. The Morgan fingerprint density at radius 3 is 2.22 bits per heavy atom. The number of nitrogens with one attached hydrogen (secondary N) is 1. The SMILES string of the molecule is COc1ccc([C@@H](C)NC(=O)CN(c2ccc(Cl)c(C(F)(F)F)c2)S(=O)(=O)c2ccc(C)cc2)cc1. The number of amides is 1. The predicted molar refractivity (Wildman–Crippen MR) is 132 cm³/mol. The Kier molecular flexibility index (Phi) is 8.20. The Morgan fingerprint density at radius 1 is 1.06 bits per heavy atom. The predicted octanol–water partition coefficient (Wildman–Crippen LogP) is 5.75. The average Bonchev–Trinajstić information content (AvgIpc) is 2.82. The van der Waals surface area contributed by atoms with Crippen LogP contribution in [0.1, 0.15) is 29.7 Å². The molecule has 3 aromatic rings. The molecule has 0 unspecified atom stereocenters. The van der Waals surface area contributed by atoms with Crippen molar-refractivity contribution in [2.24, 2.45) is 0 Å². The second-order valence-corrected chi connectivity index (χ2v) is 10.3. The third-order valence-electron chi connectivity index (χ3n) is 5.43. The van der Waals surface area contributed by atoms with Gasteiger partial charge in [0.15, 0.2) is 0 Å². The first-order valence-corrected chi connectivity index (χ1v) is 12.5. The fourth-order valence-electron chi connectivity index (χ4n) is 3.43. The molecule has 1 atom stereocenters. The zero-order chi connectivity index (χ0) is 26.7. The minimum absolute atomic E-state index is 0.174. The van der Waals surface area contributed by atoms with Crippen LogP contribution in [0.4, 0.5) is 18.9 Å². The lowest BCUT2D eigenvalue weighted by Crippen LogP contribution is -2.41. The van der Waals surface area contributed by atoms with E-state index < -0.39 is 45.3 Å². The minimum Gasteiger partial charge on any atom is -0.497 e. The molecule has 0 aromatic heterocycles. The first-order chi connectivity index (χ1) is 16.8. The van der Waals surface area contributed by atoms with Crippen molar-refractivity contribution in [1.29, 1.82) is 0 Å². The van der Waals surface area contributed by atoms with Gasteiger partial charge in [-0.15, -0.1) is 0 Å². The molecule has 6 nitrogen and oxygen atoms in total. The molecule has 1 N–H and O–H groups in total. The van der Waals surface area contributed by atoms with Crippen LogP contribution in [0.2, 0.25) is 5.02 Å². The number of hydrogen-bond donors (Lipinski definition) is 1. The van der Waals surface area contributed by atoms with Crippen LogP contribution < -0.4 is 14.4 Å². The third-order valence-corrected chi connectivity index (χ3v) is 7.55. The third kappa shape index (κ3) is 6.30. The van der Waals surface area contributed by atoms with Gasteiger partial charge in [-0.2, -0.15) is 13.2 Å². The van der Waals surface area contributed by atoms with Gasteiger partial charge in [-0.05, 0) is 61.9 Å². The summed E-state index contributed by atoms with van der Waals surface area (Å²) in [5, 5.41) is 2.10. The highest BCUT2D eigenvalue weighted by Gasteiger charge is 2.35. The van der Waals surface area contributed by atoms with E-state index in [1.165, 1.54) is 19.2 Å². The number of ether oxygens (including phenoxy) is 1. The Balaban J connectivity index is 1.97. The molecule has 0 spiro atoms. The van der Waals surface area contributed by atoms with Crippen LogP contribution in [0.5, 0.6) is 5.75 Å². The summed E-state index contributed by atoms with van der Waals surface area (Å²) >= 11 is 5.72. The van der Waals surface area contributed by atoms with E-state index >= 15 is 0 Å². The van der Waals surface area contributed by atoms with Gasteiger partial charge in [0, 0.05) is 0 Å². The second kappa shape index (κ2) is 10.8. The van der Waals surface area contributed by atoms with E-state index in [9.17, 15) is 26.4 Å². The van der Waals surface area contributed by atoms with E-state index in [1.54, 1.807) is 50.2 Å². The number of aryl methyl sites for hydroxylation is 1. The van der Waals surface area contributed by atoms with Gasteiger partial charge in [0.25, 0.3) is 10.0 Å². The summed E-state index contributed by atoms with van der Waals surface area (Å²) < 4.78 is 73.2. The largest absolute Gasteiger partial charge is 0.497 e. The van der Waals surface area contributed by atoms with Crippen LogP contribution in [0.3, 0.4) is 0 Å². The van der Waals surface area contributed by atoms with Crippen molar-refractivity contribution >= 4 is 33.2 Å². The molecule has 0 heterocycles. The van der Waals surface area contributed by atoms with E-state index in [2.05, 4.69) is 5.32 Å². The van der Waals surface area contributed by atoms with Crippen molar-refractivity contribution in [3.63, 3.8) is 0 Å². The molecule has 3 aromatic carbocycles. The first-order valence-electron chi connectivity index (χ1n) is 10.7. The number of carbonyl (C=O) groups is 1. The van der Waals surface area contributed by atoms with Crippen LogP contribution >= 0.6 is 11.6 Å². The quantitative estimate of drug-likeness (QED) is 0.395. The van der Waals surface area contributed by atoms with Crippen molar-refractivity contribution < 1.29 is 31.1 Å². The Bertz CT molecular complexity index is 1330. The maximum absolute atomic E-state index is 13.5. The van der Waals surface area contributed by atoms with Gasteiger partial charge in [-0.3, -0.25) is 9.10 Å². The van der Waals surface area contributed by atoms with Crippen LogP contribution in [-0.2, 0) is 21.0 Å². The molecule has 0 fully saturated rings. The van der Waals surface area contributed by atoms with E-state index in [1.807, 2.05) is 0 Å². The van der Waals surface area contributed by atoms with E-state index in [4.69, 9.17) is 16.3 Å². The molecule has 0 aliphatic heterocycles. The molecule has 192 valence electrons. The molecule has 0 saturated carbocycles. The molecule has 36 heavy (non-hydrogen) atoms. The molecule has 0 saturated heterocycles. The summed E-state index contributed by atoms with van der Waals surface area (Å²) in [6.45, 7) is 2.70. The molecule has 0 radical (unpaired) electrons. The van der Waals surface area contributed by atoms with Crippen LogP contribution in [0, 0.1) is 6.92 Å². The standard InChI is InChI=1S/C25H24ClF3N2O4S/c1-16-4-11-21(12-5-16)36(33,34)31(19-8-13-23(26)22(14-19)25(27,28)29)15-24(32)30-17(2)18-6-9-20(35-3)10-7-18/h4-14,17H,15H2,1-3H3,(H,30,32)/t17-/m1/s1. The minimum atomic E-state index is -4.82. The number of carbonyl (C=O) groups excluding carboxylic acids is 1. The Labute approximate surface area is 212 Å². The monoisotopic (exact) mass is 540 g/mol. The summed E-state index contributed by atoms with van der Waals surface area (Å²) in [4.78, 5) is 12.8. The van der Waals surface area contributed by atoms with Crippen molar-refractivity contribution in [2.75, 3.05) is 18.0 Å².